The Hall–Kier alpha value is -3.22. The number of nitrogens with zero attached hydrogens (tertiary/aromatic N) is 1. The summed E-state index contributed by atoms with van der Waals surface area (Å²) in [5.74, 6) is -0.238. The van der Waals surface area contributed by atoms with Crippen molar-refractivity contribution in [1.82, 2.24) is 0 Å². The van der Waals surface area contributed by atoms with Crippen molar-refractivity contribution in [2.45, 2.75) is 0 Å². The largest absolute Gasteiger partial charge is 0.207 e. The number of nitriles is 1. The molecule has 3 heteroatoms. The van der Waals surface area contributed by atoms with Gasteiger partial charge < -0.3 is 0 Å². The highest BCUT2D eigenvalue weighted by Gasteiger charge is 2.14. The molecular weight excluding hydrogens is 341 g/mol. The maximum absolute atomic E-state index is 13.3. The molecule has 0 unspecified atom stereocenters. The van der Waals surface area contributed by atoms with Crippen LogP contribution in [0.5, 0.6) is 0 Å². The fourth-order valence-electron chi connectivity index (χ4n) is 2.89. The van der Waals surface area contributed by atoms with Crippen LogP contribution in [0, 0.1) is 17.1 Å². The van der Waals surface area contributed by atoms with E-state index in [-0.39, 0.29) is 5.82 Å². The van der Waals surface area contributed by atoms with Gasteiger partial charge in [-0.05, 0) is 47.0 Å². The van der Waals surface area contributed by atoms with Crippen molar-refractivity contribution in [2.24, 2.45) is 0 Å². The Morgan fingerprint density at radius 1 is 0.731 bits per heavy atom. The minimum absolute atomic E-state index is 0.238. The number of halogens is 1. The van der Waals surface area contributed by atoms with Crippen LogP contribution in [0.15, 0.2) is 84.9 Å². The van der Waals surface area contributed by atoms with E-state index in [9.17, 15) is 4.39 Å². The van der Waals surface area contributed by atoms with E-state index < -0.39 is 0 Å². The zero-order valence-electron chi connectivity index (χ0n) is 13.8. The molecular formula is C23H14FNS. The lowest BCUT2D eigenvalue weighted by molar-refractivity contribution is 0.628. The Morgan fingerprint density at radius 3 is 2.04 bits per heavy atom. The van der Waals surface area contributed by atoms with Gasteiger partial charge in [0.2, 0.25) is 0 Å². The average molecular weight is 355 g/mol. The molecule has 0 fully saturated rings. The number of rotatable bonds is 3. The highest BCUT2D eigenvalue weighted by atomic mass is 32.1. The predicted octanol–water partition coefficient (Wildman–Crippen LogP) is 6.76. The Kier molecular flexibility index (Phi) is 4.35. The Morgan fingerprint density at radius 2 is 1.38 bits per heavy atom. The molecule has 0 N–H and O–H groups in total. The van der Waals surface area contributed by atoms with Gasteiger partial charge in [0.1, 0.15) is 5.82 Å². The normalized spacial score (nSPS) is 10.5. The third kappa shape index (κ3) is 3.15. The number of benzene rings is 3. The van der Waals surface area contributed by atoms with E-state index in [0.29, 0.717) is 5.56 Å². The first-order valence-corrected chi connectivity index (χ1v) is 9.02. The summed E-state index contributed by atoms with van der Waals surface area (Å²) in [7, 11) is 0. The molecule has 0 aliphatic carbocycles. The van der Waals surface area contributed by atoms with Crippen molar-refractivity contribution in [3.05, 3.63) is 96.3 Å². The Bertz CT molecular complexity index is 1070. The minimum atomic E-state index is -0.238. The van der Waals surface area contributed by atoms with E-state index in [1.54, 1.807) is 11.3 Å². The number of hydrogen-bond acceptors (Lipinski definition) is 2. The quantitative estimate of drug-likeness (QED) is 0.398. The van der Waals surface area contributed by atoms with Gasteiger partial charge >= 0.3 is 0 Å². The van der Waals surface area contributed by atoms with Crippen molar-refractivity contribution in [3.63, 3.8) is 0 Å². The lowest BCUT2D eigenvalue weighted by atomic mass is 10.0. The van der Waals surface area contributed by atoms with Gasteiger partial charge in [-0.25, -0.2) is 4.39 Å². The van der Waals surface area contributed by atoms with Crippen molar-refractivity contribution in [2.75, 3.05) is 0 Å². The maximum atomic E-state index is 13.3. The summed E-state index contributed by atoms with van der Waals surface area (Å²) in [6.07, 6.45) is 0. The maximum Gasteiger partial charge on any atom is 0.123 e. The van der Waals surface area contributed by atoms with Gasteiger partial charge in [-0.3, -0.25) is 0 Å². The van der Waals surface area contributed by atoms with Gasteiger partial charge in [-0.2, -0.15) is 5.26 Å². The van der Waals surface area contributed by atoms with Crippen LogP contribution in [0.2, 0.25) is 0 Å². The van der Waals surface area contributed by atoms with Crippen LogP contribution >= 0.6 is 11.3 Å². The summed E-state index contributed by atoms with van der Waals surface area (Å²) in [5.41, 5.74) is 4.92. The molecule has 0 atom stereocenters. The molecule has 1 aromatic heterocycles. The van der Waals surface area contributed by atoms with Crippen molar-refractivity contribution < 1.29 is 4.39 Å². The van der Waals surface area contributed by atoms with Crippen LogP contribution in [0.25, 0.3) is 32.0 Å². The van der Waals surface area contributed by atoms with Crippen molar-refractivity contribution in [3.8, 4) is 38.1 Å². The highest BCUT2D eigenvalue weighted by molar-refractivity contribution is 7.19. The van der Waals surface area contributed by atoms with Gasteiger partial charge in [-0.15, -0.1) is 11.3 Å². The smallest absolute Gasteiger partial charge is 0.123 e. The molecule has 0 saturated carbocycles. The number of hydrogen-bond donors (Lipinski definition) is 0. The predicted molar refractivity (Wildman–Crippen MR) is 105 cm³/mol. The van der Waals surface area contributed by atoms with Crippen molar-refractivity contribution in [1.29, 1.82) is 5.26 Å². The van der Waals surface area contributed by atoms with E-state index in [4.69, 9.17) is 5.26 Å². The molecule has 0 saturated heterocycles. The van der Waals surface area contributed by atoms with Gasteiger partial charge in [-0.1, -0.05) is 54.6 Å². The van der Waals surface area contributed by atoms with Gasteiger partial charge in [0.25, 0.3) is 0 Å². The molecule has 3 aromatic carbocycles. The second-order valence-corrected chi connectivity index (χ2v) is 6.97. The van der Waals surface area contributed by atoms with Gasteiger partial charge in [0.15, 0.2) is 0 Å². The zero-order chi connectivity index (χ0) is 17.9. The first kappa shape index (κ1) is 16.3. The van der Waals surface area contributed by atoms with E-state index in [2.05, 4.69) is 24.3 Å². The lowest BCUT2D eigenvalue weighted by Gasteiger charge is -2.04. The molecule has 1 heterocycles. The summed E-state index contributed by atoms with van der Waals surface area (Å²) >= 11 is 1.70. The molecule has 26 heavy (non-hydrogen) atoms. The van der Waals surface area contributed by atoms with Crippen molar-refractivity contribution >= 4 is 11.3 Å². The fourth-order valence-corrected chi connectivity index (χ4v) is 4.08. The topological polar surface area (TPSA) is 23.8 Å². The highest BCUT2D eigenvalue weighted by Crippen LogP contribution is 2.43. The molecule has 4 rings (SSSR count). The molecule has 0 aliphatic rings. The molecule has 0 spiro atoms. The second-order valence-electron chi connectivity index (χ2n) is 5.92. The summed E-state index contributed by atoms with van der Waals surface area (Å²) in [6.45, 7) is 0. The van der Waals surface area contributed by atoms with Crippen LogP contribution in [0.4, 0.5) is 4.39 Å². The summed E-state index contributed by atoms with van der Waals surface area (Å²) in [4.78, 5) is 2.27. The molecule has 0 bridgehead atoms. The van der Waals surface area contributed by atoms with E-state index in [1.807, 2.05) is 54.6 Å². The molecule has 0 radical (unpaired) electrons. The minimum Gasteiger partial charge on any atom is -0.207 e. The Balaban J connectivity index is 1.87. The van der Waals surface area contributed by atoms with Crippen LogP contribution in [0.3, 0.4) is 0 Å². The molecule has 124 valence electrons. The summed E-state index contributed by atoms with van der Waals surface area (Å²) in [5, 5.41) is 8.99. The molecule has 0 aliphatic heterocycles. The van der Waals surface area contributed by atoms with Crippen LogP contribution in [-0.2, 0) is 0 Å². The zero-order valence-corrected chi connectivity index (χ0v) is 14.6. The van der Waals surface area contributed by atoms with E-state index in [1.165, 1.54) is 12.1 Å². The van der Waals surface area contributed by atoms with E-state index in [0.717, 1.165) is 32.0 Å². The SMILES string of the molecule is N#Cc1ccc(-c2cc(-c3ccc(F)cc3)c(-c3ccccc3)s2)cc1. The second kappa shape index (κ2) is 6.95. The van der Waals surface area contributed by atoms with Crippen LogP contribution < -0.4 is 0 Å². The van der Waals surface area contributed by atoms with E-state index >= 15 is 0 Å². The summed E-state index contributed by atoms with van der Waals surface area (Å²) < 4.78 is 13.3. The average Bonchev–Trinajstić information content (AvgIpc) is 3.15. The third-order valence-corrected chi connectivity index (χ3v) is 5.46. The fraction of sp³-hybridized carbons (Fsp3) is 0. The molecule has 0 amide bonds. The molecule has 1 nitrogen and oxygen atoms in total. The van der Waals surface area contributed by atoms with Crippen LogP contribution in [-0.4, -0.2) is 0 Å². The lowest BCUT2D eigenvalue weighted by Crippen LogP contribution is -1.80. The first-order valence-electron chi connectivity index (χ1n) is 8.20. The number of thiophene rings is 1. The first-order chi connectivity index (χ1) is 12.7. The van der Waals surface area contributed by atoms with Crippen LogP contribution in [0.1, 0.15) is 5.56 Å². The third-order valence-electron chi connectivity index (χ3n) is 4.22. The van der Waals surface area contributed by atoms with Gasteiger partial charge in [0.05, 0.1) is 11.6 Å². The summed E-state index contributed by atoms with van der Waals surface area (Å²) in [6, 6.07) is 28.7. The molecule has 4 aromatic rings. The van der Waals surface area contributed by atoms with Gasteiger partial charge in [0, 0.05) is 15.3 Å². The Labute approximate surface area is 155 Å². The standard InChI is InChI=1S/C23H14FNS/c24-20-12-10-17(11-13-20)21-14-22(18-8-6-16(15-25)7-9-18)26-23(21)19-4-2-1-3-5-19/h1-14H. The monoisotopic (exact) mass is 355 g/mol.